The third-order valence-electron chi connectivity index (χ3n) is 3.98. The summed E-state index contributed by atoms with van der Waals surface area (Å²) in [5, 5.41) is 16.0. The number of hydrogen-bond acceptors (Lipinski definition) is 8. The fourth-order valence-electron chi connectivity index (χ4n) is 2.54. The van der Waals surface area contributed by atoms with Crippen LogP contribution in [0.4, 0.5) is 20.0 Å². The maximum atomic E-state index is 12.9. The number of thioether (sulfide) groups is 1. The Labute approximate surface area is 184 Å². The van der Waals surface area contributed by atoms with Gasteiger partial charge < -0.3 is 20.1 Å². The zero-order valence-corrected chi connectivity index (χ0v) is 17.5. The van der Waals surface area contributed by atoms with Crippen molar-refractivity contribution in [2.45, 2.75) is 10.9 Å². The van der Waals surface area contributed by atoms with Crippen LogP contribution in [0.5, 0.6) is 11.5 Å². The average Bonchev–Trinajstić information content (AvgIpc) is 3.41. The van der Waals surface area contributed by atoms with Crippen LogP contribution in [0.25, 0.3) is 0 Å². The Balaban J connectivity index is 1.20. The first-order chi connectivity index (χ1) is 15.0. The number of nitrogens with one attached hydrogen (secondary N) is 3. The normalized spacial score (nSPS) is 11.8. The minimum atomic E-state index is -0.527. The number of carbonyl (C=O) groups excluding carboxylic acids is 2. The molecule has 0 saturated carbocycles. The summed E-state index contributed by atoms with van der Waals surface area (Å²) in [7, 11) is 0. The number of nitrogens with zero attached hydrogens (tertiary/aromatic N) is 2. The molecule has 0 bridgehead atoms. The number of anilines is 2. The summed E-state index contributed by atoms with van der Waals surface area (Å²) in [6.07, 6.45) is 0. The van der Waals surface area contributed by atoms with Crippen LogP contribution in [0.3, 0.4) is 0 Å². The maximum absolute atomic E-state index is 12.9. The van der Waals surface area contributed by atoms with Crippen molar-refractivity contribution in [3.63, 3.8) is 0 Å². The van der Waals surface area contributed by atoms with Gasteiger partial charge >= 0.3 is 6.03 Å². The SMILES string of the molecule is O=C(CSc1nnc(NC(=O)Nc2ccc(F)cc2)s1)NCc1ccc2c(c1)OCO2. The van der Waals surface area contributed by atoms with Crippen LogP contribution < -0.4 is 25.4 Å². The molecule has 1 aliphatic heterocycles. The molecule has 4 rings (SSSR count). The third kappa shape index (κ3) is 5.83. The van der Waals surface area contributed by atoms with Crippen molar-refractivity contribution in [3.8, 4) is 11.5 Å². The molecule has 1 aromatic heterocycles. The lowest BCUT2D eigenvalue weighted by molar-refractivity contribution is -0.118. The van der Waals surface area contributed by atoms with Crippen molar-refractivity contribution < 1.29 is 23.5 Å². The lowest BCUT2D eigenvalue weighted by atomic mass is 10.2. The molecule has 0 radical (unpaired) electrons. The molecule has 0 saturated heterocycles. The number of rotatable bonds is 7. The van der Waals surface area contributed by atoms with Gasteiger partial charge in [0.25, 0.3) is 0 Å². The minimum Gasteiger partial charge on any atom is -0.454 e. The van der Waals surface area contributed by atoms with E-state index in [1.54, 1.807) is 6.07 Å². The van der Waals surface area contributed by atoms with E-state index in [2.05, 4.69) is 26.1 Å². The van der Waals surface area contributed by atoms with E-state index in [0.29, 0.717) is 28.1 Å². The van der Waals surface area contributed by atoms with Crippen LogP contribution >= 0.6 is 23.1 Å². The Kier molecular flexibility index (Phi) is 6.48. The first-order valence-corrected chi connectivity index (χ1v) is 10.8. The Morgan fingerprint density at radius 2 is 1.87 bits per heavy atom. The van der Waals surface area contributed by atoms with Crippen LogP contribution in [0.2, 0.25) is 0 Å². The van der Waals surface area contributed by atoms with Crippen LogP contribution in [0, 0.1) is 5.82 Å². The molecule has 3 amide bonds. The molecule has 1 aliphatic rings. The van der Waals surface area contributed by atoms with E-state index in [9.17, 15) is 14.0 Å². The summed E-state index contributed by atoms with van der Waals surface area (Å²) in [5.41, 5.74) is 1.34. The summed E-state index contributed by atoms with van der Waals surface area (Å²) in [5.74, 6) is 0.954. The summed E-state index contributed by atoms with van der Waals surface area (Å²) >= 11 is 2.35. The largest absolute Gasteiger partial charge is 0.454 e. The van der Waals surface area contributed by atoms with Crippen molar-refractivity contribution in [2.24, 2.45) is 0 Å². The fourth-order valence-corrected chi connectivity index (χ4v) is 4.12. The van der Waals surface area contributed by atoms with Gasteiger partial charge in [-0.25, -0.2) is 9.18 Å². The van der Waals surface area contributed by atoms with Gasteiger partial charge in [-0.1, -0.05) is 29.2 Å². The Bertz CT molecular complexity index is 1090. The summed E-state index contributed by atoms with van der Waals surface area (Å²) in [4.78, 5) is 24.1. The van der Waals surface area contributed by atoms with E-state index in [4.69, 9.17) is 9.47 Å². The number of halogens is 1. The van der Waals surface area contributed by atoms with E-state index < -0.39 is 11.8 Å². The van der Waals surface area contributed by atoms with Gasteiger partial charge in [-0.15, -0.1) is 10.2 Å². The second kappa shape index (κ2) is 9.62. The second-order valence-corrected chi connectivity index (χ2v) is 8.41. The average molecular weight is 462 g/mol. The van der Waals surface area contributed by atoms with Gasteiger partial charge in [0.15, 0.2) is 15.8 Å². The monoisotopic (exact) mass is 461 g/mol. The Morgan fingerprint density at radius 1 is 1.06 bits per heavy atom. The Morgan fingerprint density at radius 3 is 2.71 bits per heavy atom. The zero-order chi connectivity index (χ0) is 21.6. The number of fused-ring (bicyclic) bond motifs is 1. The van der Waals surface area contributed by atoms with Crippen molar-refractivity contribution in [3.05, 3.63) is 53.8 Å². The quantitative estimate of drug-likeness (QED) is 0.365. The van der Waals surface area contributed by atoms with Gasteiger partial charge in [0.2, 0.25) is 17.8 Å². The van der Waals surface area contributed by atoms with E-state index in [1.807, 2.05) is 12.1 Å². The Hall–Kier alpha value is -3.38. The van der Waals surface area contributed by atoms with Gasteiger partial charge in [-0.05, 0) is 42.0 Å². The van der Waals surface area contributed by atoms with E-state index in [1.165, 1.54) is 36.0 Å². The van der Waals surface area contributed by atoms with Gasteiger partial charge in [0.05, 0.1) is 5.75 Å². The number of benzene rings is 2. The molecule has 0 unspecified atom stereocenters. The lowest BCUT2D eigenvalue weighted by Gasteiger charge is -2.05. The molecular formula is C19H16FN5O4S2. The van der Waals surface area contributed by atoms with Crippen molar-refractivity contribution in [1.82, 2.24) is 15.5 Å². The van der Waals surface area contributed by atoms with Crippen molar-refractivity contribution in [1.29, 1.82) is 0 Å². The van der Waals surface area contributed by atoms with E-state index >= 15 is 0 Å². The topological polar surface area (TPSA) is 114 Å². The molecule has 0 fully saturated rings. The molecule has 2 aromatic carbocycles. The van der Waals surface area contributed by atoms with E-state index in [-0.39, 0.29) is 23.6 Å². The summed E-state index contributed by atoms with van der Waals surface area (Å²) in [6.45, 7) is 0.566. The highest BCUT2D eigenvalue weighted by molar-refractivity contribution is 8.01. The highest BCUT2D eigenvalue weighted by atomic mass is 32.2. The molecule has 0 atom stereocenters. The van der Waals surface area contributed by atoms with Crippen molar-refractivity contribution >= 4 is 45.9 Å². The van der Waals surface area contributed by atoms with Gasteiger partial charge in [0, 0.05) is 12.2 Å². The van der Waals surface area contributed by atoms with Crippen molar-refractivity contribution in [2.75, 3.05) is 23.2 Å². The predicted molar refractivity (Wildman–Crippen MR) is 114 cm³/mol. The fraction of sp³-hybridized carbons (Fsp3) is 0.158. The number of carbonyl (C=O) groups is 2. The molecule has 0 aliphatic carbocycles. The summed E-state index contributed by atoms with van der Waals surface area (Å²) < 4.78 is 24.0. The number of aromatic nitrogens is 2. The maximum Gasteiger partial charge on any atom is 0.325 e. The first-order valence-electron chi connectivity index (χ1n) is 9.00. The van der Waals surface area contributed by atoms with Crippen LogP contribution in [0.1, 0.15) is 5.56 Å². The molecule has 12 heteroatoms. The number of ether oxygens (including phenoxy) is 2. The van der Waals surface area contributed by atoms with E-state index in [0.717, 1.165) is 16.9 Å². The lowest BCUT2D eigenvalue weighted by Crippen LogP contribution is -2.24. The predicted octanol–water partition coefficient (Wildman–Crippen LogP) is 3.46. The van der Waals surface area contributed by atoms with Gasteiger partial charge in [-0.2, -0.15) is 0 Å². The summed E-state index contributed by atoms with van der Waals surface area (Å²) in [6, 6.07) is 10.3. The zero-order valence-electron chi connectivity index (χ0n) is 15.9. The van der Waals surface area contributed by atoms with Crippen LogP contribution in [0.15, 0.2) is 46.8 Å². The molecule has 160 valence electrons. The number of urea groups is 1. The van der Waals surface area contributed by atoms with Crippen LogP contribution in [-0.2, 0) is 11.3 Å². The molecular weight excluding hydrogens is 445 g/mol. The smallest absolute Gasteiger partial charge is 0.325 e. The second-order valence-electron chi connectivity index (χ2n) is 6.21. The number of hydrogen-bond donors (Lipinski definition) is 3. The highest BCUT2D eigenvalue weighted by Gasteiger charge is 2.14. The first kappa shape index (κ1) is 20.9. The third-order valence-corrected chi connectivity index (χ3v) is 5.95. The molecule has 3 N–H and O–H groups in total. The molecule has 31 heavy (non-hydrogen) atoms. The highest BCUT2D eigenvalue weighted by Crippen LogP contribution is 2.32. The molecule has 0 spiro atoms. The minimum absolute atomic E-state index is 0.154. The molecule has 2 heterocycles. The number of amides is 3. The van der Waals surface area contributed by atoms with Gasteiger partial charge in [-0.3, -0.25) is 10.1 Å². The van der Waals surface area contributed by atoms with Crippen LogP contribution in [-0.4, -0.2) is 34.7 Å². The molecule has 9 nitrogen and oxygen atoms in total. The van der Waals surface area contributed by atoms with Gasteiger partial charge in [0.1, 0.15) is 5.82 Å². The standard InChI is InChI=1S/C19H16FN5O4S2/c20-12-2-4-13(5-3-12)22-17(27)23-18-24-25-19(31-18)30-9-16(26)21-8-11-1-6-14-15(7-11)29-10-28-14/h1-7H,8-10H2,(H,21,26)(H2,22,23,24,27). The molecule has 3 aromatic rings.